The second-order valence-corrected chi connectivity index (χ2v) is 7.81. The number of nitrogens with zero attached hydrogens (tertiary/aromatic N) is 1. The van der Waals surface area contributed by atoms with Crippen molar-refractivity contribution in [2.75, 3.05) is 40.9 Å². The van der Waals surface area contributed by atoms with Gasteiger partial charge in [-0.25, -0.2) is 0 Å². The van der Waals surface area contributed by atoms with Crippen LogP contribution in [-0.4, -0.2) is 56.7 Å². The fraction of sp³-hybridized carbons (Fsp3) is 0.375. The zero-order chi connectivity index (χ0) is 23.5. The zero-order valence-electron chi connectivity index (χ0n) is 18.9. The molecule has 0 atom stereocenters. The predicted octanol–water partition coefficient (Wildman–Crippen LogP) is 4.86. The summed E-state index contributed by atoms with van der Waals surface area (Å²) in [6, 6.07) is 9.14. The number of benzene rings is 2. The van der Waals surface area contributed by atoms with Crippen molar-refractivity contribution in [2.24, 2.45) is 0 Å². The largest absolute Gasteiger partial charge is 0.507 e. The maximum Gasteiger partial charge on any atom is 0.193 e. The topological polar surface area (TPSA) is 77.5 Å². The highest BCUT2D eigenvalue weighted by molar-refractivity contribution is 9.10. The lowest BCUT2D eigenvalue weighted by Gasteiger charge is -2.23. The van der Waals surface area contributed by atoms with Crippen LogP contribution < -0.4 is 9.47 Å². The molecule has 0 aliphatic heterocycles. The number of ketones is 1. The van der Waals surface area contributed by atoms with Gasteiger partial charge in [0.2, 0.25) is 0 Å². The van der Waals surface area contributed by atoms with Crippen molar-refractivity contribution < 1.29 is 28.8 Å². The molecule has 174 valence electrons. The number of rotatable bonds is 13. The van der Waals surface area contributed by atoms with E-state index in [1.54, 1.807) is 12.1 Å². The SMILES string of the molecule is CCN(CC)Cc1c(OCOC)cc(OCOC)c(C(=O)/C=C/c2cccc(Br)c2)c1O. The van der Waals surface area contributed by atoms with Crippen molar-refractivity contribution in [3.8, 4) is 17.2 Å². The summed E-state index contributed by atoms with van der Waals surface area (Å²) in [5.74, 6) is -0.0225. The average molecular weight is 508 g/mol. The molecule has 0 saturated carbocycles. The first-order valence-electron chi connectivity index (χ1n) is 10.3. The Morgan fingerprint density at radius 1 is 1.06 bits per heavy atom. The summed E-state index contributed by atoms with van der Waals surface area (Å²) < 4.78 is 22.2. The molecular weight excluding hydrogens is 478 g/mol. The molecule has 2 aromatic carbocycles. The first-order chi connectivity index (χ1) is 15.4. The lowest BCUT2D eigenvalue weighted by atomic mass is 10.0. The van der Waals surface area contributed by atoms with Crippen LogP contribution in [-0.2, 0) is 16.0 Å². The van der Waals surface area contributed by atoms with Gasteiger partial charge >= 0.3 is 0 Å². The molecule has 0 saturated heterocycles. The molecule has 2 aromatic rings. The van der Waals surface area contributed by atoms with Gasteiger partial charge in [-0.1, -0.05) is 48.0 Å². The highest BCUT2D eigenvalue weighted by Gasteiger charge is 2.25. The maximum absolute atomic E-state index is 13.2. The Balaban J connectivity index is 2.54. The second kappa shape index (κ2) is 13.2. The molecule has 0 heterocycles. The van der Waals surface area contributed by atoms with Crippen molar-refractivity contribution in [1.29, 1.82) is 0 Å². The Morgan fingerprint density at radius 3 is 2.31 bits per heavy atom. The van der Waals surface area contributed by atoms with Crippen LogP contribution in [0.1, 0.15) is 35.3 Å². The lowest BCUT2D eigenvalue weighted by Crippen LogP contribution is -2.23. The molecule has 0 unspecified atom stereocenters. The minimum Gasteiger partial charge on any atom is -0.507 e. The van der Waals surface area contributed by atoms with Crippen LogP contribution in [0.15, 0.2) is 40.9 Å². The standard InChI is InChI=1S/C24H30BrNO6/c1-5-26(6-2)14-19-21(31-15-29-3)13-22(32-16-30-4)23(24(19)28)20(27)11-10-17-8-7-9-18(25)12-17/h7-13,28H,5-6,14-16H2,1-4H3/b11-10+. The van der Waals surface area contributed by atoms with E-state index in [-0.39, 0.29) is 30.6 Å². The lowest BCUT2D eigenvalue weighted by molar-refractivity contribution is 0.0444. The number of phenols is 1. The molecule has 0 fully saturated rings. The van der Waals surface area contributed by atoms with Crippen molar-refractivity contribution in [3.05, 3.63) is 57.6 Å². The van der Waals surface area contributed by atoms with Crippen LogP contribution in [0.3, 0.4) is 0 Å². The van der Waals surface area contributed by atoms with Crippen LogP contribution in [0.4, 0.5) is 0 Å². The van der Waals surface area contributed by atoms with Crippen LogP contribution in [0.25, 0.3) is 6.08 Å². The van der Waals surface area contributed by atoms with Gasteiger partial charge in [0.05, 0.1) is 5.56 Å². The zero-order valence-corrected chi connectivity index (χ0v) is 20.5. The van der Waals surface area contributed by atoms with E-state index >= 15 is 0 Å². The van der Waals surface area contributed by atoms with E-state index in [0.717, 1.165) is 23.1 Å². The summed E-state index contributed by atoms with van der Waals surface area (Å²) in [6.07, 6.45) is 3.10. The first-order valence-corrected chi connectivity index (χ1v) is 11.1. The summed E-state index contributed by atoms with van der Waals surface area (Å²) in [6.45, 7) is 5.90. The van der Waals surface area contributed by atoms with E-state index < -0.39 is 5.78 Å². The van der Waals surface area contributed by atoms with Crippen molar-refractivity contribution in [2.45, 2.75) is 20.4 Å². The molecule has 7 nitrogen and oxygen atoms in total. The van der Waals surface area contributed by atoms with Gasteiger partial charge in [-0.15, -0.1) is 0 Å². The van der Waals surface area contributed by atoms with E-state index in [4.69, 9.17) is 18.9 Å². The Hall–Kier alpha value is -2.39. The molecule has 0 radical (unpaired) electrons. The van der Waals surface area contributed by atoms with E-state index in [1.807, 2.05) is 38.1 Å². The van der Waals surface area contributed by atoms with Crippen LogP contribution in [0.5, 0.6) is 17.2 Å². The fourth-order valence-corrected chi connectivity index (χ4v) is 3.49. The van der Waals surface area contributed by atoms with Gasteiger partial charge in [0.1, 0.15) is 22.8 Å². The Labute approximate surface area is 197 Å². The Bertz CT molecular complexity index is 927. The number of carbonyl (C=O) groups is 1. The molecule has 32 heavy (non-hydrogen) atoms. The van der Waals surface area contributed by atoms with Gasteiger partial charge in [-0.2, -0.15) is 0 Å². The van der Waals surface area contributed by atoms with Gasteiger partial charge in [0, 0.05) is 31.3 Å². The number of allylic oxidation sites excluding steroid dienone is 1. The van der Waals surface area contributed by atoms with Gasteiger partial charge in [0.25, 0.3) is 0 Å². The minimum atomic E-state index is -0.396. The summed E-state index contributed by atoms with van der Waals surface area (Å²) in [5.41, 5.74) is 1.39. The van der Waals surface area contributed by atoms with Crippen LogP contribution >= 0.6 is 15.9 Å². The molecule has 0 aliphatic carbocycles. The van der Waals surface area contributed by atoms with Gasteiger partial charge < -0.3 is 24.1 Å². The third-order valence-electron chi connectivity index (χ3n) is 4.79. The van der Waals surface area contributed by atoms with Gasteiger partial charge in [0.15, 0.2) is 19.4 Å². The van der Waals surface area contributed by atoms with Gasteiger partial charge in [-0.05, 0) is 36.9 Å². The number of hydrogen-bond acceptors (Lipinski definition) is 7. The average Bonchev–Trinajstić information content (AvgIpc) is 2.79. The molecule has 0 amide bonds. The number of phenolic OH excluding ortho intramolecular Hbond substituents is 1. The third kappa shape index (κ3) is 7.06. The van der Waals surface area contributed by atoms with E-state index in [9.17, 15) is 9.90 Å². The van der Waals surface area contributed by atoms with Crippen molar-refractivity contribution in [1.82, 2.24) is 4.90 Å². The quantitative estimate of drug-likeness (QED) is 0.235. The molecule has 0 spiro atoms. The Morgan fingerprint density at radius 2 is 1.72 bits per heavy atom. The fourth-order valence-electron chi connectivity index (χ4n) is 3.08. The van der Waals surface area contributed by atoms with E-state index in [1.165, 1.54) is 20.3 Å². The Kier molecular flexibility index (Phi) is 10.7. The van der Waals surface area contributed by atoms with Crippen LogP contribution in [0, 0.1) is 0 Å². The van der Waals surface area contributed by atoms with Crippen molar-refractivity contribution in [3.63, 3.8) is 0 Å². The molecule has 0 aromatic heterocycles. The van der Waals surface area contributed by atoms with E-state index in [2.05, 4.69) is 20.8 Å². The second-order valence-electron chi connectivity index (χ2n) is 6.89. The number of ether oxygens (including phenoxy) is 4. The first kappa shape index (κ1) is 25.9. The number of halogens is 1. The van der Waals surface area contributed by atoms with Crippen LogP contribution in [0.2, 0.25) is 0 Å². The smallest absolute Gasteiger partial charge is 0.193 e. The summed E-state index contributed by atoms with van der Waals surface area (Å²) in [7, 11) is 2.99. The van der Waals surface area contributed by atoms with Crippen molar-refractivity contribution >= 4 is 27.8 Å². The monoisotopic (exact) mass is 507 g/mol. The predicted molar refractivity (Wildman–Crippen MR) is 127 cm³/mol. The van der Waals surface area contributed by atoms with E-state index in [0.29, 0.717) is 17.9 Å². The highest BCUT2D eigenvalue weighted by atomic mass is 79.9. The molecule has 0 aliphatic rings. The normalized spacial score (nSPS) is 11.3. The summed E-state index contributed by atoms with van der Waals surface area (Å²) in [5, 5.41) is 11.2. The third-order valence-corrected chi connectivity index (χ3v) is 5.28. The molecule has 2 rings (SSSR count). The number of carbonyl (C=O) groups excluding carboxylic acids is 1. The molecular formula is C24H30BrNO6. The number of hydrogen-bond donors (Lipinski definition) is 1. The maximum atomic E-state index is 13.2. The molecule has 1 N–H and O–H groups in total. The number of methoxy groups -OCH3 is 2. The highest BCUT2D eigenvalue weighted by Crippen LogP contribution is 2.40. The molecule has 0 bridgehead atoms. The summed E-state index contributed by atoms with van der Waals surface area (Å²) >= 11 is 3.42. The minimum absolute atomic E-state index is 0.00944. The van der Waals surface area contributed by atoms with Gasteiger partial charge in [-0.3, -0.25) is 9.69 Å². The number of aromatic hydroxyl groups is 1. The summed E-state index contributed by atoms with van der Waals surface area (Å²) in [4.78, 5) is 15.3. The molecule has 8 heteroatoms.